The summed E-state index contributed by atoms with van der Waals surface area (Å²) in [7, 11) is 0. The Labute approximate surface area is 415 Å². The number of pyridine rings is 1. The summed E-state index contributed by atoms with van der Waals surface area (Å²) < 4.78 is 82.1. The average molecular weight is 1050 g/mol. The minimum Gasteiger partial charge on any atom is -0.507 e. The monoisotopic (exact) mass is 1050 g/mol. The van der Waals surface area contributed by atoms with Crippen LogP contribution in [0.25, 0.3) is 72.7 Å². The zero-order valence-electron chi connectivity index (χ0n) is 48.8. The minimum atomic E-state index is -0.890. The minimum absolute atomic E-state index is 0. The standard InChI is InChI=1S/C60H64N3O.Pt/c1-35(2)44-26-45(36(3)4)28-47(27-44)42-21-22-55(40(10)25-42)63-56-16-14-15-51(57(56)62-59(63)53-33-46(37(5)6)32-52(38(7)8)58(53)64)48-29-49(31-50(30-48)60(11,12)13)54-34-43(23-24-61-54)41-19-17-39(9)18-20-41;/h14-28,30-38,64H,1-13H3;/q-1;/i17D,18D,19D,20D,23D,24D,34D,35D,36D;. The summed E-state index contributed by atoms with van der Waals surface area (Å²) in [5, 5.41) is 12.3. The number of phenolic OH excluding ortho intramolecular Hbond substituents is 1. The molecule has 336 valence electrons. The topological polar surface area (TPSA) is 50.9 Å². The molecule has 0 saturated carbocycles. The van der Waals surface area contributed by atoms with E-state index < -0.39 is 41.5 Å². The van der Waals surface area contributed by atoms with Crippen LogP contribution in [0, 0.1) is 19.9 Å². The third-order valence-corrected chi connectivity index (χ3v) is 12.1. The molecule has 0 amide bonds. The maximum atomic E-state index is 12.3. The molecule has 0 unspecified atom stereocenters. The van der Waals surface area contributed by atoms with E-state index in [0.29, 0.717) is 33.6 Å². The molecule has 8 rings (SSSR count). The average Bonchev–Trinajstić information content (AvgIpc) is 3.70. The molecule has 2 heterocycles. The van der Waals surface area contributed by atoms with Gasteiger partial charge >= 0.3 is 0 Å². The fourth-order valence-corrected chi connectivity index (χ4v) is 8.17. The van der Waals surface area contributed by atoms with E-state index in [1.807, 2.05) is 89.2 Å². The summed E-state index contributed by atoms with van der Waals surface area (Å²) >= 11 is 0. The Morgan fingerprint density at radius 2 is 1.35 bits per heavy atom. The molecular weight excluding hydrogens is 974 g/mol. The molecule has 0 aliphatic carbocycles. The Morgan fingerprint density at radius 1 is 0.677 bits per heavy atom. The molecule has 1 N–H and O–H groups in total. The first kappa shape index (κ1) is 36.6. The molecule has 8 aromatic rings. The molecule has 0 bridgehead atoms. The van der Waals surface area contributed by atoms with Gasteiger partial charge in [0.2, 0.25) is 0 Å². The number of benzene rings is 6. The van der Waals surface area contributed by atoms with Gasteiger partial charge in [-0.05, 0) is 123 Å². The van der Waals surface area contributed by atoms with E-state index >= 15 is 0 Å². The van der Waals surface area contributed by atoms with Gasteiger partial charge in [-0.25, -0.2) is 4.98 Å². The van der Waals surface area contributed by atoms with Crippen molar-refractivity contribution >= 4 is 11.0 Å². The van der Waals surface area contributed by atoms with Crippen molar-refractivity contribution in [1.29, 1.82) is 0 Å². The van der Waals surface area contributed by atoms with Crippen LogP contribution in [0.5, 0.6) is 5.75 Å². The van der Waals surface area contributed by atoms with Gasteiger partial charge in [0.05, 0.1) is 31.9 Å². The molecule has 4 nitrogen and oxygen atoms in total. The Kier molecular flexibility index (Phi) is 10.6. The van der Waals surface area contributed by atoms with E-state index in [1.165, 1.54) is 6.92 Å². The van der Waals surface area contributed by atoms with Gasteiger partial charge in [-0.1, -0.05) is 166 Å². The number of hydrogen-bond donors (Lipinski definition) is 1. The number of aryl methyl sites for hydroxylation is 1. The van der Waals surface area contributed by atoms with E-state index in [1.54, 1.807) is 0 Å². The van der Waals surface area contributed by atoms with Crippen molar-refractivity contribution in [3.05, 3.63) is 166 Å². The quantitative estimate of drug-likeness (QED) is 0.139. The molecule has 5 heteroatoms. The van der Waals surface area contributed by atoms with E-state index in [0.717, 1.165) is 55.7 Å². The van der Waals surface area contributed by atoms with Gasteiger partial charge in [0.25, 0.3) is 0 Å². The van der Waals surface area contributed by atoms with Gasteiger partial charge < -0.3 is 5.11 Å². The molecule has 65 heavy (non-hydrogen) atoms. The van der Waals surface area contributed by atoms with Gasteiger partial charge in [-0.15, -0.1) is 29.3 Å². The molecule has 0 fully saturated rings. The van der Waals surface area contributed by atoms with Crippen LogP contribution in [0.3, 0.4) is 0 Å². The number of para-hydroxylation sites is 1. The zero-order chi connectivity index (χ0) is 53.7. The second kappa shape index (κ2) is 18.7. The Morgan fingerprint density at radius 3 is 1.97 bits per heavy atom. The second-order valence-corrected chi connectivity index (χ2v) is 19.2. The summed E-state index contributed by atoms with van der Waals surface area (Å²) in [4.78, 5) is 9.96. The molecule has 0 saturated heterocycles. The Balaban J connectivity index is 0.00000800. The number of rotatable bonds is 10. The van der Waals surface area contributed by atoms with Gasteiger partial charge in [0.1, 0.15) is 11.6 Å². The summed E-state index contributed by atoms with van der Waals surface area (Å²) in [5.41, 5.74) is 10.7. The van der Waals surface area contributed by atoms with Crippen LogP contribution < -0.4 is 0 Å². The first-order valence-corrected chi connectivity index (χ1v) is 22.2. The molecule has 0 aliphatic heterocycles. The van der Waals surface area contributed by atoms with E-state index in [9.17, 15) is 6.48 Å². The third-order valence-electron chi connectivity index (χ3n) is 12.1. The zero-order valence-corrected chi connectivity index (χ0v) is 42.0. The van der Waals surface area contributed by atoms with Crippen molar-refractivity contribution in [3.63, 3.8) is 0 Å². The van der Waals surface area contributed by atoms with Gasteiger partial charge in [0, 0.05) is 35.7 Å². The molecule has 0 radical (unpaired) electrons. The Hall–Kier alpha value is -5.57. The maximum Gasteiger partial charge on any atom is 0.148 e. The van der Waals surface area contributed by atoms with Crippen LogP contribution in [0.2, 0.25) is 0 Å². The van der Waals surface area contributed by atoms with Gasteiger partial charge in [0.15, 0.2) is 0 Å². The van der Waals surface area contributed by atoms with Crippen molar-refractivity contribution < 1.29 is 38.5 Å². The van der Waals surface area contributed by atoms with E-state index in [4.69, 9.17) is 16.0 Å². The molecule has 6 aromatic carbocycles. The molecule has 0 aliphatic rings. The predicted octanol–water partition coefficient (Wildman–Crippen LogP) is 16.7. The molecule has 0 atom stereocenters. The van der Waals surface area contributed by atoms with Crippen LogP contribution in [-0.2, 0) is 26.5 Å². The second-order valence-electron chi connectivity index (χ2n) is 19.2. The Bertz CT molecular complexity index is 3480. The third kappa shape index (κ3) is 9.57. The fraction of sp³-hybridized carbons (Fsp3) is 0.300. The smallest absolute Gasteiger partial charge is 0.148 e. The molecule has 2 aromatic heterocycles. The number of aromatic hydroxyl groups is 1. The van der Waals surface area contributed by atoms with Crippen LogP contribution >= 0.6 is 0 Å². The van der Waals surface area contributed by atoms with Gasteiger partial charge in [-0.2, -0.15) is 0 Å². The van der Waals surface area contributed by atoms with Crippen molar-refractivity contribution in [3.8, 4) is 67.5 Å². The van der Waals surface area contributed by atoms with Crippen LogP contribution in [-0.4, -0.2) is 19.6 Å². The number of aromatic nitrogens is 3. The van der Waals surface area contributed by atoms with Crippen molar-refractivity contribution in [2.45, 2.75) is 119 Å². The largest absolute Gasteiger partial charge is 0.507 e. The van der Waals surface area contributed by atoms with Crippen molar-refractivity contribution in [2.75, 3.05) is 0 Å². The summed E-state index contributed by atoms with van der Waals surface area (Å²) in [6.07, 6.45) is -0.487. The first-order chi connectivity index (χ1) is 33.9. The van der Waals surface area contributed by atoms with Gasteiger partial charge in [-0.3, -0.25) is 9.55 Å². The summed E-state index contributed by atoms with van der Waals surface area (Å²) in [5.74, 6) is -0.979. The van der Waals surface area contributed by atoms with Crippen LogP contribution in [0.15, 0.2) is 121 Å². The summed E-state index contributed by atoms with van der Waals surface area (Å²) in [6.45, 7) is 25.5. The normalized spacial score (nSPS) is 14.2. The van der Waals surface area contributed by atoms with Crippen LogP contribution in [0.1, 0.15) is 151 Å². The fourth-order valence-electron chi connectivity index (χ4n) is 8.17. The van der Waals surface area contributed by atoms with Crippen molar-refractivity contribution in [1.82, 2.24) is 14.5 Å². The van der Waals surface area contributed by atoms with E-state index in [2.05, 4.69) is 88.3 Å². The van der Waals surface area contributed by atoms with E-state index in [-0.39, 0.29) is 79.2 Å². The number of nitrogens with zero attached hydrogens (tertiary/aromatic N) is 3. The first-order valence-electron chi connectivity index (χ1n) is 26.7. The number of fused-ring (bicyclic) bond motifs is 1. The number of imidazole rings is 1. The molecule has 0 spiro atoms. The predicted molar refractivity (Wildman–Crippen MR) is 271 cm³/mol. The SMILES string of the molecule is [2H]c1nc(-c2[c-]c(-c3cccc4c3nc(-c3cc(C(C)C)cc(C(C)C)c3O)n4-c3ccc(-c4cc(C([2H])(C)C)cc(C([2H])(C)C)c4)cc3C)cc(C(C)(C)C)c2)c([2H])c(-c2c([2H])c([2H])c(C)c([2H])c2[2H])c1[2H].[Pt]. The van der Waals surface area contributed by atoms with Crippen LogP contribution in [0.4, 0.5) is 0 Å². The number of hydrogen-bond acceptors (Lipinski definition) is 3. The van der Waals surface area contributed by atoms with Crippen molar-refractivity contribution in [2.24, 2.45) is 0 Å². The summed E-state index contributed by atoms with van der Waals surface area (Å²) in [6, 6.07) is 27.5. The number of phenols is 1. The maximum absolute atomic E-state index is 12.3. The molecular formula is C60H64N3OPt-.